The first kappa shape index (κ1) is 17.9. The number of benzene rings is 3. The molecule has 4 aromatic rings. The fourth-order valence-corrected chi connectivity index (χ4v) is 4.25. The number of rotatable bonds is 2. The van der Waals surface area contributed by atoms with E-state index in [4.69, 9.17) is 4.98 Å². The molecule has 1 N–H and O–H groups in total. The van der Waals surface area contributed by atoms with Crippen LogP contribution in [-0.4, -0.2) is 42.8 Å². The Bertz CT molecular complexity index is 1250. The maximum atomic E-state index is 13.3. The molecule has 1 aliphatic rings. The monoisotopic (exact) mass is 385 g/mol. The van der Waals surface area contributed by atoms with Crippen molar-refractivity contribution < 1.29 is 4.90 Å². The van der Waals surface area contributed by atoms with E-state index in [0.717, 1.165) is 48.2 Å². The van der Waals surface area contributed by atoms with Gasteiger partial charge in [0.15, 0.2) is 0 Å². The summed E-state index contributed by atoms with van der Waals surface area (Å²) in [4.78, 5) is 22.1. The van der Waals surface area contributed by atoms with E-state index >= 15 is 0 Å². The molecule has 2 heterocycles. The smallest absolute Gasteiger partial charge is 0.265 e. The summed E-state index contributed by atoms with van der Waals surface area (Å²) < 4.78 is 1.72. The minimum absolute atomic E-state index is 0.0193. The van der Waals surface area contributed by atoms with Gasteiger partial charge in [-0.05, 0) is 54.1 Å². The lowest BCUT2D eigenvalue weighted by molar-refractivity contribution is -0.880. The molecule has 29 heavy (non-hydrogen) atoms. The van der Waals surface area contributed by atoms with Crippen LogP contribution in [0.1, 0.15) is 5.82 Å². The van der Waals surface area contributed by atoms with E-state index in [0.29, 0.717) is 11.2 Å². The van der Waals surface area contributed by atoms with Crippen LogP contribution in [0.4, 0.5) is 5.69 Å². The number of piperazine rings is 1. The highest BCUT2D eigenvalue weighted by molar-refractivity contribution is 5.96. The Morgan fingerprint density at radius 3 is 2.21 bits per heavy atom. The number of hydrogen-bond donors (Lipinski definition) is 1. The van der Waals surface area contributed by atoms with Crippen LogP contribution in [0, 0.1) is 6.92 Å². The molecule has 1 aromatic heterocycles. The van der Waals surface area contributed by atoms with Crippen molar-refractivity contribution in [2.24, 2.45) is 0 Å². The quantitative estimate of drug-likeness (QED) is 0.538. The number of hydrogen-bond acceptors (Lipinski definition) is 3. The van der Waals surface area contributed by atoms with Gasteiger partial charge in [0.2, 0.25) is 0 Å². The largest absolute Gasteiger partial charge is 0.360 e. The summed E-state index contributed by atoms with van der Waals surface area (Å²) in [6.07, 6.45) is 0. The second-order valence-corrected chi connectivity index (χ2v) is 7.98. The number of quaternary nitrogens is 1. The molecule has 0 spiro atoms. The molecular formula is C24H25N4O+. The fraction of sp³-hybridized carbons (Fsp3) is 0.250. The molecule has 0 bridgehead atoms. The molecule has 0 unspecified atom stereocenters. The van der Waals surface area contributed by atoms with Gasteiger partial charge in [-0.3, -0.25) is 9.36 Å². The second-order valence-electron chi connectivity index (χ2n) is 7.98. The SMILES string of the molecule is Cc1nc2cc3ccccc3cc2c(=O)n1-c1ccc(N2CC[NH+](C)CC2)cc1. The van der Waals surface area contributed by atoms with Crippen LogP contribution in [0.3, 0.4) is 0 Å². The molecule has 5 rings (SSSR count). The lowest BCUT2D eigenvalue weighted by Crippen LogP contribution is -3.12. The number of likely N-dealkylation sites (N-methyl/N-ethyl adjacent to an activating group) is 1. The van der Waals surface area contributed by atoms with Crippen LogP contribution >= 0.6 is 0 Å². The van der Waals surface area contributed by atoms with Gasteiger partial charge in [0, 0.05) is 5.69 Å². The Morgan fingerprint density at radius 1 is 0.897 bits per heavy atom. The van der Waals surface area contributed by atoms with Gasteiger partial charge in [-0.2, -0.15) is 0 Å². The summed E-state index contributed by atoms with van der Waals surface area (Å²) >= 11 is 0. The second kappa shape index (κ2) is 7.01. The van der Waals surface area contributed by atoms with Gasteiger partial charge in [-0.15, -0.1) is 0 Å². The van der Waals surface area contributed by atoms with E-state index in [1.54, 1.807) is 9.47 Å². The first-order chi connectivity index (χ1) is 14.1. The molecule has 5 heteroatoms. The van der Waals surface area contributed by atoms with Crippen molar-refractivity contribution in [3.05, 3.63) is 76.8 Å². The molecule has 1 aliphatic heterocycles. The van der Waals surface area contributed by atoms with Gasteiger partial charge in [0.05, 0.1) is 49.8 Å². The highest BCUT2D eigenvalue weighted by atomic mass is 16.1. The summed E-state index contributed by atoms with van der Waals surface area (Å²) in [7, 11) is 2.24. The van der Waals surface area contributed by atoms with Crippen LogP contribution in [0.5, 0.6) is 0 Å². The average Bonchev–Trinajstić information content (AvgIpc) is 2.74. The molecular weight excluding hydrogens is 360 g/mol. The van der Waals surface area contributed by atoms with Crippen molar-refractivity contribution in [1.29, 1.82) is 0 Å². The minimum Gasteiger partial charge on any atom is -0.360 e. The van der Waals surface area contributed by atoms with Gasteiger partial charge in [0.1, 0.15) is 5.82 Å². The zero-order valence-electron chi connectivity index (χ0n) is 16.9. The predicted molar refractivity (Wildman–Crippen MR) is 118 cm³/mol. The van der Waals surface area contributed by atoms with Gasteiger partial charge in [-0.25, -0.2) is 4.98 Å². The molecule has 0 aliphatic carbocycles. The molecule has 3 aromatic carbocycles. The van der Waals surface area contributed by atoms with E-state index in [9.17, 15) is 4.79 Å². The molecule has 146 valence electrons. The maximum Gasteiger partial charge on any atom is 0.265 e. The number of aryl methyl sites for hydroxylation is 1. The first-order valence-electron chi connectivity index (χ1n) is 10.2. The minimum atomic E-state index is -0.0193. The van der Waals surface area contributed by atoms with Crippen LogP contribution in [-0.2, 0) is 0 Å². The summed E-state index contributed by atoms with van der Waals surface area (Å²) in [6, 6.07) is 20.3. The van der Waals surface area contributed by atoms with Gasteiger partial charge in [0.25, 0.3) is 5.56 Å². The molecule has 1 saturated heterocycles. The highest BCUT2D eigenvalue weighted by Crippen LogP contribution is 2.22. The Balaban J connectivity index is 1.57. The zero-order valence-corrected chi connectivity index (χ0v) is 16.9. The van der Waals surface area contributed by atoms with E-state index in [2.05, 4.69) is 30.1 Å². The Morgan fingerprint density at radius 2 is 1.52 bits per heavy atom. The Kier molecular flexibility index (Phi) is 4.32. The Hall–Kier alpha value is -3.18. The van der Waals surface area contributed by atoms with Crippen LogP contribution in [0.15, 0.2) is 65.5 Å². The molecule has 1 fully saturated rings. The lowest BCUT2D eigenvalue weighted by atomic mass is 10.1. The summed E-state index contributed by atoms with van der Waals surface area (Å²) in [5.74, 6) is 0.703. The number of aromatic nitrogens is 2. The van der Waals surface area contributed by atoms with Crippen LogP contribution in [0.2, 0.25) is 0 Å². The number of nitrogens with zero attached hydrogens (tertiary/aromatic N) is 3. The van der Waals surface area contributed by atoms with Gasteiger partial charge in [-0.1, -0.05) is 24.3 Å². The fourth-order valence-electron chi connectivity index (χ4n) is 4.25. The van der Waals surface area contributed by atoms with Crippen LogP contribution < -0.4 is 15.4 Å². The van der Waals surface area contributed by atoms with Crippen molar-refractivity contribution in [2.75, 3.05) is 38.1 Å². The number of nitrogens with one attached hydrogen (secondary N) is 1. The summed E-state index contributed by atoms with van der Waals surface area (Å²) in [5, 5.41) is 2.81. The molecule has 0 radical (unpaired) electrons. The lowest BCUT2D eigenvalue weighted by Gasteiger charge is -2.31. The standard InChI is InChI=1S/C24H24N4O/c1-17-25-23-16-19-6-4-3-5-18(19)15-22(23)24(29)28(17)21-9-7-20(8-10-21)27-13-11-26(2)12-14-27/h3-10,15-16H,11-14H2,1-2H3/p+1. The highest BCUT2D eigenvalue weighted by Gasteiger charge is 2.17. The molecule has 5 nitrogen and oxygen atoms in total. The Labute approximate surface area is 169 Å². The van der Waals surface area contributed by atoms with E-state index in [-0.39, 0.29) is 5.56 Å². The summed E-state index contributed by atoms with van der Waals surface area (Å²) in [5.41, 5.74) is 2.80. The van der Waals surface area contributed by atoms with E-state index in [1.165, 1.54) is 5.69 Å². The molecule has 0 saturated carbocycles. The topological polar surface area (TPSA) is 42.6 Å². The van der Waals surface area contributed by atoms with Crippen molar-refractivity contribution in [3.8, 4) is 5.69 Å². The van der Waals surface area contributed by atoms with Crippen molar-refractivity contribution in [2.45, 2.75) is 6.92 Å². The third-order valence-electron chi connectivity index (χ3n) is 5.99. The average molecular weight is 385 g/mol. The van der Waals surface area contributed by atoms with Gasteiger partial charge >= 0.3 is 0 Å². The summed E-state index contributed by atoms with van der Waals surface area (Å²) in [6.45, 7) is 6.34. The van der Waals surface area contributed by atoms with E-state index < -0.39 is 0 Å². The maximum absolute atomic E-state index is 13.3. The van der Waals surface area contributed by atoms with Crippen molar-refractivity contribution in [3.63, 3.8) is 0 Å². The van der Waals surface area contributed by atoms with Crippen molar-refractivity contribution >= 4 is 27.4 Å². The third kappa shape index (κ3) is 3.17. The molecule has 0 amide bonds. The normalized spacial score (nSPS) is 15.3. The van der Waals surface area contributed by atoms with Crippen LogP contribution in [0.25, 0.3) is 27.4 Å². The molecule has 0 atom stereocenters. The van der Waals surface area contributed by atoms with E-state index in [1.807, 2.05) is 49.4 Å². The number of anilines is 1. The van der Waals surface area contributed by atoms with Gasteiger partial charge < -0.3 is 9.80 Å². The van der Waals surface area contributed by atoms with Crippen molar-refractivity contribution in [1.82, 2.24) is 9.55 Å². The first-order valence-corrected chi connectivity index (χ1v) is 10.2. The third-order valence-corrected chi connectivity index (χ3v) is 5.99. The zero-order chi connectivity index (χ0) is 20.0. The number of fused-ring (bicyclic) bond motifs is 2. The predicted octanol–water partition coefficient (Wildman–Crippen LogP) is 2.18.